The zero-order valence-electron chi connectivity index (χ0n) is 32.0. The summed E-state index contributed by atoms with van der Waals surface area (Å²) in [6.45, 7) is 13.9. The standard InChI is InChI=1S/C50H44N2O2/c1-49(2,3)27-13-35-31-17-29-23-7-9-25(11-23)47(53)39(29)21-43(31)51-41-20-34-38-16-28(50(4,5)6)14-36-32-18-30-24-8-10-26(12-24)48(54)40(30)22-44(32)52(46(36)38)42(34)19-33(41)37(15-27)45(35)51/h13-26H,7-12H2,1-6H3. The molecule has 4 heteroatoms. The molecule has 4 heterocycles. The zero-order valence-corrected chi connectivity index (χ0v) is 32.0. The molecule has 54 heavy (non-hydrogen) atoms. The highest BCUT2D eigenvalue weighted by atomic mass is 16.1. The van der Waals surface area contributed by atoms with Crippen molar-refractivity contribution >= 4 is 87.8 Å². The van der Waals surface area contributed by atoms with Gasteiger partial charge in [-0.25, -0.2) is 0 Å². The van der Waals surface area contributed by atoms with Gasteiger partial charge in [-0.05, 0) is 144 Å². The predicted molar refractivity (Wildman–Crippen MR) is 222 cm³/mol. The highest BCUT2D eigenvalue weighted by Gasteiger charge is 2.41. The number of nitrogens with zero attached hydrogens (tertiary/aromatic N) is 2. The Kier molecular flexibility index (Phi) is 5.22. The number of carbonyl (C=O) groups is 2. The third-order valence-electron chi connectivity index (χ3n) is 15.0. The third kappa shape index (κ3) is 3.49. The second-order valence-corrected chi connectivity index (χ2v) is 20.0. The minimum Gasteiger partial charge on any atom is -0.308 e. The van der Waals surface area contributed by atoms with Crippen molar-refractivity contribution in [2.45, 2.75) is 103 Å². The summed E-state index contributed by atoms with van der Waals surface area (Å²) in [7, 11) is 0. The van der Waals surface area contributed by atoms with Gasteiger partial charge in [-0.3, -0.25) is 9.59 Å². The molecule has 4 aliphatic rings. The summed E-state index contributed by atoms with van der Waals surface area (Å²) in [5.74, 6) is 2.05. The Morgan fingerprint density at radius 3 is 1.13 bits per heavy atom. The Labute approximate surface area is 313 Å². The van der Waals surface area contributed by atoms with Crippen LogP contribution in [0, 0.1) is 11.8 Å². The summed E-state index contributed by atoms with van der Waals surface area (Å²) in [5.41, 5.74) is 14.3. The predicted octanol–water partition coefficient (Wildman–Crippen LogP) is 12.7. The molecule has 4 atom stereocenters. The van der Waals surface area contributed by atoms with E-state index >= 15 is 0 Å². The second kappa shape index (κ2) is 9.28. The van der Waals surface area contributed by atoms with Crippen LogP contribution in [0.25, 0.3) is 76.2 Å². The van der Waals surface area contributed by atoms with Gasteiger partial charge in [0.25, 0.3) is 0 Å². The van der Waals surface area contributed by atoms with E-state index in [-0.39, 0.29) is 22.7 Å². The van der Waals surface area contributed by atoms with Crippen molar-refractivity contribution in [3.05, 3.63) is 94.0 Å². The number of Topliss-reactive ketones (excluding diaryl/α,β-unsaturated/α-hetero) is 2. The lowest BCUT2D eigenvalue weighted by molar-refractivity contribution is 0.0906. The number of rotatable bonds is 0. The Hall–Kier alpha value is -4.96. The van der Waals surface area contributed by atoms with Gasteiger partial charge in [-0.1, -0.05) is 41.5 Å². The van der Waals surface area contributed by atoms with Gasteiger partial charge in [0.15, 0.2) is 11.6 Å². The van der Waals surface area contributed by atoms with Crippen LogP contribution in [0.15, 0.2) is 60.7 Å². The molecule has 4 nitrogen and oxygen atoms in total. The molecular formula is C50H44N2O2. The first-order chi connectivity index (χ1) is 25.8. The Bertz CT molecular complexity index is 3030. The first-order valence-electron chi connectivity index (χ1n) is 20.4. The van der Waals surface area contributed by atoms with Crippen LogP contribution in [0.4, 0.5) is 0 Å². The molecule has 0 saturated heterocycles. The van der Waals surface area contributed by atoms with Gasteiger partial charge >= 0.3 is 0 Å². The molecule has 2 fully saturated rings. The van der Waals surface area contributed by atoms with Crippen molar-refractivity contribution in [1.82, 2.24) is 8.80 Å². The monoisotopic (exact) mass is 704 g/mol. The minimum atomic E-state index is -0.0329. The molecule has 5 aromatic carbocycles. The fourth-order valence-electron chi connectivity index (χ4n) is 12.1. The van der Waals surface area contributed by atoms with Gasteiger partial charge < -0.3 is 8.80 Å². The van der Waals surface area contributed by atoms with Crippen LogP contribution in [0.3, 0.4) is 0 Å². The van der Waals surface area contributed by atoms with E-state index in [0.29, 0.717) is 23.4 Å². The van der Waals surface area contributed by atoms with Crippen LogP contribution in [0.5, 0.6) is 0 Å². The zero-order chi connectivity index (χ0) is 36.5. The molecular weight excluding hydrogens is 661 g/mol. The Morgan fingerprint density at radius 1 is 0.426 bits per heavy atom. The SMILES string of the molecule is CC(C)(C)c1cc2c3cc4c(cc3n3c5cc6c7cc(C(C)(C)C)cc8c9cc%10c(cc9n(c6cc5c(c1)c23)c87)C(=O)C1CCC%10C1)C(=O)C1CCC4C1. The van der Waals surface area contributed by atoms with Gasteiger partial charge in [0.05, 0.1) is 33.1 Å². The van der Waals surface area contributed by atoms with E-state index < -0.39 is 0 Å². The topological polar surface area (TPSA) is 43.0 Å². The molecule has 4 unspecified atom stereocenters. The summed E-state index contributed by atoms with van der Waals surface area (Å²) in [6.07, 6.45) is 6.31. The van der Waals surface area contributed by atoms with Crippen molar-refractivity contribution in [3.63, 3.8) is 0 Å². The lowest BCUT2D eigenvalue weighted by atomic mass is 9.81. The highest BCUT2D eigenvalue weighted by Crippen LogP contribution is 2.52. The summed E-state index contributed by atoms with van der Waals surface area (Å²) < 4.78 is 4.99. The summed E-state index contributed by atoms with van der Waals surface area (Å²) in [6, 6.07) is 24.0. The van der Waals surface area contributed by atoms with E-state index in [1.807, 2.05) is 0 Å². The van der Waals surface area contributed by atoms with E-state index in [1.54, 1.807) is 0 Å². The smallest absolute Gasteiger partial charge is 0.166 e. The average Bonchev–Trinajstić information content (AvgIpc) is 3.98. The quantitative estimate of drug-likeness (QED) is 0.158. The fourth-order valence-corrected chi connectivity index (χ4v) is 12.1. The van der Waals surface area contributed by atoms with Gasteiger partial charge in [-0.2, -0.15) is 0 Å². The van der Waals surface area contributed by atoms with Crippen LogP contribution in [0.1, 0.15) is 135 Å². The number of hydrogen-bond acceptors (Lipinski definition) is 2. The van der Waals surface area contributed by atoms with Crippen molar-refractivity contribution < 1.29 is 9.59 Å². The number of fused-ring (bicyclic) bond motifs is 20. The molecule has 266 valence electrons. The number of benzene rings is 5. The molecule has 9 aromatic rings. The lowest BCUT2D eigenvalue weighted by Gasteiger charge is -2.22. The summed E-state index contributed by atoms with van der Waals surface area (Å²) >= 11 is 0. The largest absolute Gasteiger partial charge is 0.308 e. The maximum Gasteiger partial charge on any atom is 0.166 e. The van der Waals surface area contributed by atoms with E-state index in [9.17, 15) is 9.59 Å². The summed E-state index contributed by atoms with van der Waals surface area (Å²) in [5, 5.41) is 10.2. The van der Waals surface area contributed by atoms with Crippen molar-refractivity contribution in [1.29, 1.82) is 0 Å². The van der Waals surface area contributed by atoms with Crippen molar-refractivity contribution in [2.24, 2.45) is 11.8 Å². The van der Waals surface area contributed by atoms with Crippen molar-refractivity contribution in [3.8, 4) is 0 Å². The number of aromatic nitrogens is 2. The number of hydrogen-bond donors (Lipinski definition) is 0. The summed E-state index contributed by atoms with van der Waals surface area (Å²) in [4.78, 5) is 27.7. The van der Waals surface area contributed by atoms with Crippen molar-refractivity contribution in [2.75, 3.05) is 0 Å². The molecule has 2 saturated carbocycles. The van der Waals surface area contributed by atoms with Gasteiger partial charge in [0, 0.05) is 66.1 Å². The maximum absolute atomic E-state index is 13.9. The highest BCUT2D eigenvalue weighted by molar-refractivity contribution is 6.30. The van der Waals surface area contributed by atoms with Crippen LogP contribution in [0.2, 0.25) is 0 Å². The fraction of sp³-hybridized carbons (Fsp3) is 0.360. The van der Waals surface area contributed by atoms with E-state index in [1.165, 1.54) is 87.4 Å². The van der Waals surface area contributed by atoms with E-state index in [2.05, 4.69) is 111 Å². The normalized spacial score (nSPS) is 23.0. The molecule has 0 aliphatic heterocycles. The lowest BCUT2D eigenvalue weighted by Crippen LogP contribution is -2.18. The van der Waals surface area contributed by atoms with Crippen LogP contribution in [-0.4, -0.2) is 20.4 Å². The Morgan fingerprint density at radius 2 is 0.759 bits per heavy atom. The second-order valence-electron chi connectivity index (χ2n) is 20.0. The number of carbonyl (C=O) groups excluding carboxylic acids is 2. The first kappa shape index (κ1) is 30.4. The number of ketones is 2. The molecule has 0 radical (unpaired) electrons. The first-order valence-corrected chi connectivity index (χ1v) is 20.4. The van der Waals surface area contributed by atoms with Gasteiger partial charge in [0.1, 0.15) is 0 Å². The molecule has 4 aliphatic carbocycles. The molecule has 0 amide bonds. The molecule has 0 spiro atoms. The third-order valence-corrected chi connectivity index (χ3v) is 15.0. The van der Waals surface area contributed by atoms with Crippen LogP contribution >= 0.6 is 0 Å². The molecule has 13 rings (SSSR count). The van der Waals surface area contributed by atoms with Crippen LogP contribution in [-0.2, 0) is 10.8 Å². The maximum atomic E-state index is 13.9. The van der Waals surface area contributed by atoms with E-state index in [0.717, 1.165) is 60.7 Å². The van der Waals surface area contributed by atoms with E-state index in [4.69, 9.17) is 0 Å². The Balaban J connectivity index is 1.22. The van der Waals surface area contributed by atoms with Gasteiger partial charge in [0.2, 0.25) is 0 Å². The molecule has 4 bridgehead atoms. The minimum absolute atomic E-state index is 0.0329. The molecule has 4 aromatic heterocycles. The van der Waals surface area contributed by atoms with Gasteiger partial charge in [-0.15, -0.1) is 0 Å². The average molecular weight is 705 g/mol. The van der Waals surface area contributed by atoms with Crippen LogP contribution < -0.4 is 0 Å². The molecule has 0 N–H and O–H groups in total.